The van der Waals surface area contributed by atoms with Crippen molar-refractivity contribution in [2.24, 2.45) is 0 Å². The van der Waals surface area contributed by atoms with Gasteiger partial charge in [0.2, 0.25) is 11.8 Å². The maximum absolute atomic E-state index is 11.8. The summed E-state index contributed by atoms with van der Waals surface area (Å²) < 4.78 is 0. The number of carbonyl (C=O) groups is 2. The first kappa shape index (κ1) is 15.2. The number of carbonyl (C=O) groups excluding carboxylic acids is 2. The smallest absolute Gasteiger partial charge is 0.229 e. The highest BCUT2D eigenvalue weighted by Crippen LogP contribution is 2.11. The van der Waals surface area contributed by atoms with E-state index in [0.29, 0.717) is 0 Å². The van der Waals surface area contributed by atoms with Gasteiger partial charge in [0.05, 0.1) is 6.04 Å². The standard InChI is InChI=1S/C15H22N2O2/c1-11(12-8-6-5-7-9-12)16-13(18)10-14(19)17-15(2,3)4/h5-9,11H,10H2,1-4H3,(H,16,18)(H,17,19). The van der Waals surface area contributed by atoms with Crippen LogP contribution in [-0.2, 0) is 9.59 Å². The quantitative estimate of drug-likeness (QED) is 0.817. The molecule has 4 nitrogen and oxygen atoms in total. The number of rotatable bonds is 4. The predicted molar refractivity (Wildman–Crippen MR) is 75.5 cm³/mol. The van der Waals surface area contributed by atoms with Crippen LogP contribution in [0.15, 0.2) is 30.3 Å². The third-order valence-electron chi connectivity index (χ3n) is 2.51. The van der Waals surface area contributed by atoms with Crippen molar-refractivity contribution in [1.29, 1.82) is 0 Å². The molecule has 0 aliphatic heterocycles. The Kier molecular flexibility index (Phi) is 5.10. The average Bonchev–Trinajstić information content (AvgIpc) is 2.27. The van der Waals surface area contributed by atoms with Crippen molar-refractivity contribution in [3.8, 4) is 0 Å². The molecule has 0 radical (unpaired) electrons. The molecule has 0 heterocycles. The lowest BCUT2D eigenvalue weighted by Gasteiger charge is -2.20. The van der Waals surface area contributed by atoms with E-state index >= 15 is 0 Å². The van der Waals surface area contributed by atoms with E-state index in [2.05, 4.69) is 10.6 Å². The van der Waals surface area contributed by atoms with Crippen LogP contribution in [0.25, 0.3) is 0 Å². The SMILES string of the molecule is CC(NC(=O)CC(=O)NC(C)(C)C)c1ccccc1. The minimum atomic E-state index is -0.317. The normalized spacial score (nSPS) is 12.6. The summed E-state index contributed by atoms with van der Waals surface area (Å²) in [7, 11) is 0. The van der Waals surface area contributed by atoms with Gasteiger partial charge in [-0.1, -0.05) is 30.3 Å². The monoisotopic (exact) mass is 262 g/mol. The Morgan fingerprint density at radius 1 is 1.11 bits per heavy atom. The Labute approximate surface area is 114 Å². The Hall–Kier alpha value is -1.84. The zero-order chi connectivity index (χ0) is 14.5. The van der Waals surface area contributed by atoms with Gasteiger partial charge >= 0.3 is 0 Å². The largest absolute Gasteiger partial charge is 0.351 e. The van der Waals surface area contributed by atoms with Crippen molar-refractivity contribution in [2.45, 2.75) is 45.7 Å². The highest BCUT2D eigenvalue weighted by molar-refractivity contribution is 5.97. The Morgan fingerprint density at radius 2 is 1.68 bits per heavy atom. The molecule has 1 atom stereocenters. The first-order valence-electron chi connectivity index (χ1n) is 6.43. The summed E-state index contributed by atoms with van der Waals surface area (Å²) in [5.41, 5.74) is 0.703. The lowest BCUT2D eigenvalue weighted by Crippen LogP contribution is -2.42. The molecule has 1 rings (SSSR count). The predicted octanol–water partition coefficient (Wildman–Crippen LogP) is 2.17. The Bertz CT molecular complexity index is 435. The minimum absolute atomic E-state index is 0.101. The molecule has 0 spiro atoms. The van der Waals surface area contributed by atoms with E-state index in [1.807, 2.05) is 58.0 Å². The molecule has 0 saturated carbocycles. The Balaban J connectivity index is 2.46. The summed E-state index contributed by atoms with van der Waals surface area (Å²) in [5.74, 6) is -0.525. The molecule has 0 fully saturated rings. The highest BCUT2D eigenvalue weighted by atomic mass is 16.2. The molecule has 0 bridgehead atoms. The fraction of sp³-hybridized carbons (Fsp3) is 0.467. The maximum Gasteiger partial charge on any atom is 0.229 e. The summed E-state index contributed by atoms with van der Waals surface area (Å²) in [4.78, 5) is 23.4. The van der Waals surface area contributed by atoms with Crippen molar-refractivity contribution >= 4 is 11.8 Å². The van der Waals surface area contributed by atoms with Crippen LogP contribution in [-0.4, -0.2) is 17.4 Å². The lowest BCUT2D eigenvalue weighted by molar-refractivity contribution is -0.130. The van der Waals surface area contributed by atoms with Crippen LogP contribution in [0.1, 0.15) is 45.7 Å². The zero-order valence-electron chi connectivity index (χ0n) is 12.0. The lowest BCUT2D eigenvalue weighted by atomic mass is 10.1. The van der Waals surface area contributed by atoms with Gasteiger partial charge in [0.25, 0.3) is 0 Å². The zero-order valence-corrected chi connectivity index (χ0v) is 12.0. The van der Waals surface area contributed by atoms with Gasteiger partial charge in [-0.25, -0.2) is 0 Å². The number of hydrogen-bond donors (Lipinski definition) is 2. The molecule has 1 aromatic rings. The number of nitrogens with one attached hydrogen (secondary N) is 2. The fourth-order valence-electron chi connectivity index (χ4n) is 1.73. The van der Waals surface area contributed by atoms with Crippen LogP contribution in [0, 0.1) is 0 Å². The molecular weight excluding hydrogens is 240 g/mol. The van der Waals surface area contributed by atoms with E-state index in [9.17, 15) is 9.59 Å². The first-order valence-corrected chi connectivity index (χ1v) is 6.43. The summed E-state index contributed by atoms with van der Waals surface area (Å²) in [6.07, 6.45) is -0.144. The van der Waals surface area contributed by atoms with Crippen LogP contribution in [0.2, 0.25) is 0 Å². The van der Waals surface area contributed by atoms with Crippen LogP contribution >= 0.6 is 0 Å². The van der Waals surface area contributed by atoms with Crippen molar-refractivity contribution in [1.82, 2.24) is 10.6 Å². The van der Waals surface area contributed by atoms with Crippen molar-refractivity contribution in [3.63, 3.8) is 0 Å². The number of amides is 2. The van der Waals surface area contributed by atoms with Gasteiger partial charge in [0.1, 0.15) is 6.42 Å². The minimum Gasteiger partial charge on any atom is -0.351 e. The molecule has 0 saturated heterocycles. The van der Waals surface area contributed by atoms with Gasteiger partial charge in [-0.3, -0.25) is 9.59 Å². The second kappa shape index (κ2) is 6.36. The van der Waals surface area contributed by atoms with E-state index in [1.54, 1.807) is 0 Å². The van der Waals surface area contributed by atoms with E-state index in [-0.39, 0.29) is 29.8 Å². The van der Waals surface area contributed by atoms with Gasteiger partial charge in [-0.05, 0) is 33.3 Å². The molecule has 104 valence electrons. The number of benzene rings is 1. The summed E-state index contributed by atoms with van der Waals surface area (Å²) in [6.45, 7) is 7.55. The van der Waals surface area contributed by atoms with Gasteiger partial charge in [-0.2, -0.15) is 0 Å². The van der Waals surface area contributed by atoms with Gasteiger partial charge in [-0.15, -0.1) is 0 Å². The number of hydrogen-bond acceptors (Lipinski definition) is 2. The maximum atomic E-state index is 11.8. The first-order chi connectivity index (χ1) is 8.78. The second-order valence-corrected chi connectivity index (χ2v) is 5.67. The fourth-order valence-corrected chi connectivity index (χ4v) is 1.73. The third-order valence-corrected chi connectivity index (χ3v) is 2.51. The summed E-state index contributed by atoms with van der Waals surface area (Å²) in [5, 5.41) is 5.58. The van der Waals surface area contributed by atoms with Gasteiger partial charge < -0.3 is 10.6 Å². The molecule has 4 heteroatoms. The third kappa shape index (κ3) is 6.04. The van der Waals surface area contributed by atoms with Gasteiger partial charge in [0, 0.05) is 5.54 Å². The van der Waals surface area contributed by atoms with E-state index in [4.69, 9.17) is 0 Å². The topological polar surface area (TPSA) is 58.2 Å². The van der Waals surface area contributed by atoms with Crippen LogP contribution in [0.4, 0.5) is 0 Å². The Morgan fingerprint density at radius 3 is 2.21 bits per heavy atom. The van der Waals surface area contributed by atoms with Crippen molar-refractivity contribution < 1.29 is 9.59 Å². The van der Waals surface area contributed by atoms with Crippen LogP contribution in [0.3, 0.4) is 0 Å². The van der Waals surface area contributed by atoms with E-state index in [1.165, 1.54) is 0 Å². The molecule has 1 unspecified atom stereocenters. The van der Waals surface area contributed by atoms with Crippen molar-refractivity contribution in [3.05, 3.63) is 35.9 Å². The molecular formula is C15H22N2O2. The average molecular weight is 262 g/mol. The molecule has 2 N–H and O–H groups in total. The van der Waals surface area contributed by atoms with E-state index in [0.717, 1.165) is 5.56 Å². The highest BCUT2D eigenvalue weighted by Gasteiger charge is 2.17. The van der Waals surface area contributed by atoms with Crippen LogP contribution in [0.5, 0.6) is 0 Å². The van der Waals surface area contributed by atoms with Gasteiger partial charge in [0.15, 0.2) is 0 Å². The molecule has 0 aliphatic carbocycles. The molecule has 19 heavy (non-hydrogen) atoms. The molecule has 2 amide bonds. The molecule has 0 aromatic heterocycles. The molecule has 0 aliphatic rings. The summed E-state index contributed by atoms with van der Waals surface area (Å²) in [6, 6.07) is 9.56. The van der Waals surface area contributed by atoms with E-state index < -0.39 is 0 Å². The van der Waals surface area contributed by atoms with Crippen LogP contribution < -0.4 is 10.6 Å². The summed E-state index contributed by atoms with van der Waals surface area (Å²) >= 11 is 0. The molecule has 1 aromatic carbocycles. The second-order valence-electron chi connectivity index (χ2n) is 5.67. The van der Waals surface area contributed by atoms with Crippen molar-refractivity contribution in [2.75, 3.05) is 0 Å².